The highest BCUT2D eigenvalue weighted by atomic mass is 19.1. The Balaban J connectivity index is 1.99. The molecule has 0 radical (unpaired) electrons. The summed E-state index contributed by atoms with van der Waals surface area (Å²) in [6.45, 7) is 0.618. The molecule has 8 heteroatoms. The Kier molecular flexibility index (Phi) is 4.83. The summed E-state index contributed by atoms with van der Waals surface area (Å²) in [5.74, 6) is 6.33. The van der Waals surface area contributed by atoms with Crippen LogP contribution in [0.1, 0.15) is 5.56 Å². The lowest BCUT2D eigenvalue weighted by Gasteiger charge is -2.13. The Morgan fingerprint density at radius 1 is 1.10 bits per heavy atom. The molecule has 0 saturated carbocycles. The van der Waals surface area contributed by atoms with Gasteiger partial charge in [-0.25, -0.2) is 10.2 Å². The summed E-state index contributed by atoms with van der Waals surface area (Å²) in [7, 11) is 3.66. The van der Waals surface area contributed by atoms with E-state index < -0.39 is 0 Å². The number of halogens is 1. The molecule has 7 nitrogen and oxygen atoms in total. The van der Waals surface area contributed by atoms with Crippen molar-refractivity contribution in [2.24, 2.45) is 5.84 Å². The zero-order chi connectivity index (χ0) is 15.2. The lowest BCUT2D eigenvalue weighted by Crippen LogP contribution is -2.19. The number of nitrogens with zero attached hydrogens (tertiary/aromatic N) is 4. The molecule has 1 heterocycles. The minimum absolute atomic E-state index is 0.238. The topological polar surface area (TPSA) is 92.0 Å². The monoisotopic (exact) mass is 291 g/mol. The molecule has 1 aromatic heterocycles. The molecule has 0 bridgehead atoms. The molecule has 2 aromatic rings. The van der Waals surface area contributed by atoms with Crippen LogP contribution in [0.3, 0.4) is 0 Å². The fraction of sp³-hybridized carbons (Fsp3) is 0.308. The van der Waals surface area contributed by atoms with Gasteiger partial charge in [0.05, 0.1) is 0 Å². The van der Waals surface area contributed by atoms with E-state index in [1.54, 1.807) is 17.0 Å². The second-order valence-corrected chi connectivity index (χ2v) is 4.62. The molecular formula is C13H18FN7. The van der Waals surface area contributed by atoms with Crippen LogP contribution in [0.2, 0.25) is 0 Å². The number of benzene rings is 1. The molecule has 0 fully saturated rings. The van der Waals surface area contributed by atoms with Crippen molar-refractivity contribution in [1.29, 1.82) is 0 Å². The second-order valence-electron chi connectivity index (χ2n) is 4.62. The van der Waals surface area contributed by atoms with Crippen LogP contribution >= 0.6 is 0 Å². The summed E-state index contributed by atoms with van der Waals surface area (Å²) in [6, 6.07) is 6.39. The van der Waals surface area contributed by atoms with Crippen LogP contribution in [-0.2, 0) is 6.42 Å². The van der Waals surface area contributed by atoms with Crippen LogP contribution < -0.4 is 21.5 Å². The number of hydrogen-bond acceptors (Lipinski definition) is 7. The van der Waals surface area contributed by atoms with Gasteiger partial charge >= 0.3 is 0 Å². The summed E-state index contributed by atoms with van der Waals surface area (Å²) >= 11 is 0. The zero-order valence-corrected chi connectivity index (χ0v) is 12.0. The summed E-state index contributed by atoms with van der Waals surface area (Å²) < 4.78 is 12.8. The highest BCUT2D eigenvalue weighted by Gasteiger charge is 2.07. The molecule has 4 N–H and O–H groups in total. The first-order chi connectivity index (χ1) is 10.1. The van der Waals surface area contributed by atoms with Crippen molar-refractivity contribution < 1.29 is 4.39 Å². The van der Waals surface area contributed by atoms with Gasteiger partial charge in [-0.3, -0.25) is 5.43 Å². The molecule has 2 rings (SSSR count). The van der Waals surface area contributed by atoms with E-state index in [1.807, 2.05) is 14.1 Å². The third-order valence-electron chi connectivity index (χ3n) is 2.76. The SMILES string of the molecule is CN(C)c1nc(NN)nc(NCCc2ccc(F)cc2)n1. The molecule has 0 saturated heterocycles. The number of anilines is 3. The number of hydrogen-bond donors (Lipinski definition) is 3. The molecule has 0 aliphatic heterocycles. The minimum atomic E-state index is -0.238. The van der Waals surface area contributed by atoms with Crippen LogP contribution in [-0.4, -0.2) is 35.6 Å². The van der Waals surface area contributed by atoms with E-state index in [9.17, 15) is 4.39 Å². The number of nitrogens with one attached hydrogen (secondary N) is 2. The standard InChI is InChI=1S/C13H18FN7/c1-21(2)13-18-11(17-12(19-13)20-15)16-8-7-9-3-5-10(14)6-4-9/h3-6H,7-8,15H2,1-2H3,(H2,16,17,18,19,20). The van der Waals surface area contributed by atoms with E-state index in [4.69, 9.17) is 5.84 Å². The molecule has 0 unspecified atom stereocenters. The number of nitrogens with two attached hydrogens (primary N) is 1. The maximum atomic E-state index is 12.8. The van der Waals surface area contributed by atoms with Gasteiger partial charge in [-0.05, 0) is 24.1 Å². The molecule has 0 aliphatic carbocycles. The minimum Gasteiger partial charge on any atom is -0.354 e. The number of aromatic nitrogens is 3. The second kappa shape index (κ2) is 6.80. The maximum Gasteiger partial charge on any atom is 0.243 e. The van der Waals surface area contributed by atoms with Gasteiger partial charge < -0.3 is 10.2 Å². The Bertz CT molecular complexity index is 586. The van der Waals surface area contributed by atoms with Gasteiger partial charge in [-0.2, -0.15) is 15.0 Å². The highest BCUT2D eigenvalue weighted by Crippen LogP contribution is 2.11. The molecule has 0 amide bonds. The van der Waals surface area contributed by atoms with Crippen LogP contribution in [0, 0.1) is 5.82 Å². The molecule has 1 aromatic carbocycles. The maximum absolute atomic E-state index is 12.8. The zero-order valence-electron chi connectivity index (χ0n) is 12.0. The van der Waals surface area contributed by atoms with Gasteiger partial charge in [0, 0.05) is 20.6 Å². The van der Waals surface area contributed by atoms with Gasteiger partial charge in [0.15, 0.2) is 0 Å². The van der Waals surface area contributed by atoms with Crippen molar-refractivity contribution in [3.63, 3.8) is 0 Å². The van der Waals surface area contributed by atoms with Crippen molar-refractivity contribution in [2.45, 2.75) is 6.42 Å². The van der Waals surface area contributed by atoms with E-state index in [0.29, 0.717) is 18.4 Å². The molecule has 0 spiro atoms. The van der Waals surface area contributed by atoms with Crippen LogP contribution in [0.5, 0.6) is 0 Å². The lowest BCUT2D eigenvalue weighted by molar-refractivity contribution is 0.627. The molecular weight excluding hydrogens is 273 g/mol. The first-order valence-corrected chi connectivity index (χ1v) is 6.47. The van der Waals surface area contributed by atoms with Crippen LogP contribution in [0.25, 0.3) is 0 Å². The van der Waals surface area contributed by atoms with Gasteiger partial charge in [0.1, 0.15) is 5.82 Å². The molecule has 0 atom stereocenters. The third-order valence-corrected chi connectivity index (χ3v) is 2.76. The predicted octanol–water partition coefficient (Wildman–Crippen LogP) is 1.02. The molecule has 21 heavy (non-hydrogen) atoms. The molecule has 112 valence electrons. The van der Waals surface area contributed by atoms with Gasteiger partial charge in [0.25, 0.3) is 0 Å². The van der Waals surface area contributed by atoms with E-state index >= 15 is 0 Å². The summed E-state index contributed by atoms with van der Waals surface area (Å²) in [5, 5.41) is 3.10. The average molecular weight is 291 g/mol. The quantitative estimate of drug-likeness (QED) is 0.540. The van der Waals surface area contributed by atoms with Gasteiger partial charge in [-0.1, -0.05) is 12.1 Å². The van der Waals surface area contributed by atoms with Crippen LogP contribution in [0.15, 0.2) is 24.3 Å². The van der Waals surface area contributed by atoms with E-state index in [-0.39, 0.29) is 11.8 Å². The fourth-order valence-corrected chi connectivity index (χ4v) is 1.68. The van der Waals surface area contributed by atoms with E-state index in [2.05, 4.69) is 25.7 Å². The summed E-state index contributed by atoms with van der Waals surface area (Å²) in [5.41, 5.74) is 3.44. The Morgan fingerprint density at radius 2 is 1.76 bits per heavy atom. The fourth-order valence-electron chi connectivity index (χ4n) is 1.68. The van der Waals surface area contributed by atoms with E-state index in [1.165, 1.54) is 12.1 Å². The average Bonchev–Trinajstić information content (AvgIpc) is 2.49. The van der Waals surface area contributed by atoms with Gasteiger partial charge in [0.2, 0.25) is 17.8 Å². The van der Waals surface area contributed by atoms with Crippen molar-refractivity contribution in [3.05, 3.63) is 35.6 Å². The smallest absolute Gasteiger partial charge is 0.243 e. The lowest BCUT2D eigenvalue weighted by atomic mass is 10.1. The normalized spacial score (nSPS) is 10.3. The summed E-state index contributed by atoms with van der Waals surface area (Å²) in [6.07, 6.45) is 0.731. The summed E-state index contributed by atoms with van der Waals surface area (Å²) in [4.78, 5) is 14.3. The van der Waals surface area contributed by atoms with Crippen molar-refractivity contribution >= 4 is 17.8 Å². The largest absolute Gasteiger partial charge is 0.354 e. The van der Waals surface area contributed by atoms with Gasteiger partial charge in [-0.15, -0.1) is 0 Å². The van der Waals surface area contributed by atoms with Crippen molar-refractivity contribution in [1.82, 2.24) is 15.0 Å². The van der Waals surface area contributed by atoms with Crippen molar-refractivity contribution in [3.8, 4) is 0 Å². The Hall–Kier alpha value is -2.48. The Labute approximate surface area is 122 Å². The van der Waals surface area contributed by atoms with Crippen molar-refractivity contribution in [2.75, 3.05) is 36.3 Å². The Morgan fingerprint density at radius 3 is 2.38 bits per heavy atom. The van der Waals surface area contributed by atoms with Crippen LogP contribution in [0.4, 0.5) is 22.2 Å². The third kappa shape index (κ3) is 4.25. The molecule has 0 aliphatic rings. The first-order valence-electron chi connectivity index (χ1n) is 6.47. The number of hydrazine groups is 1. The predicted molar refractivity (Wildman–Crippen MR) is 80.6 cm³/mol. The van der Waals surface area contributed by atoms with E-state index in [0.717, 1.165) is 12.0 Å². The number of rotatable bonds is 6. The number of nitrogen functional groups attached to an aromatic ring is 1. The highest BCUT2D eigenvalue weighted by molar-refractivity contribution is 5.42. The first kappa shape index (κ1) is 14.9.